The lowest BCUT2D eigenvalue weighted by atomic mass is 10.1. The molecule has 3 N–H and O–H groups in total. The number of nitrogens with one attached hydrogen (secondary N) is 1. The molecule has 0 aliphatic rings. The van der Waals surface area contributed by atoms with Crippen LogP contribution in [0.15, 0.2) is 18.2 Å². The topological polar surface area (TPSA) is 107 Å². The van der Waals surface area contributed by atoms with Crippen molar-refractivity contribution in [3.63, 3.8) is 0 Å². The van der Waals surface area contributed by atoms with Gasteiger partial charge in [0.2, 0.25) is 5.13 Å². The van der Waals surface area contributed by atoms with E-state index in [0.29, 0.717) is 21.2 Å². The number of nitrogens with zero attached hydrogens (tertiary/aromatic N) is 4. The van der Waals surface area contributed by atoms with Crippen LogP contribution in [0, 0.1) is 13.8 Å². The molecule has 0 fully saturated rings. The second-order valence-electron chi connectivity index (χ2n) is 6.12. The smallest absolute Gasteiger partial charge is 0.252 e. The highest BCUT2D eigenvalue weighted by Crippen LogP contribution is 2.25. The first kappa shape index (κ1) is 16.3. The molecular weight excluding hydrogens is 324 g/mol. The maximum atomic E-state index is 12.6. The first-order valence-corrected chi connectivity index (χ1v) is 8.25. The van der Waals surface area contributed by atoms with Crippen LogP contribution in [0.25, 0.3) is 11.0 Å². The van der Waals surface area contributed by atoms with Crippen molar-refractivity contribution in [3.05, 3.63) is 40.2 Å². The highest BCUT2D eigenvalue weighted by Gasteiger charge is 2.27. The van der Waals surface area contributed by atoms with Gasteiger partial charge in [-0.15, -0.1) is 10.2 Å². The summed E-state index contributed by atoms with van der Waals surface area (Å²) in [6.45, 7) is 7.54. The number of nitrogen functional groups attached to an aromatic ring is 1. The molecule has 8 heteroatoms. The Bertz CT molecular complexity index is 933. The van der Waals surface area contributed by atoms with Crippen LogP contribution < -0.4 is 11.1 Å². The van der Waals surface area contributed by atoms with Crippen LogP contribution in [-0.2, 0) is 5.54 Å². The number of aryl methyl sites for hydroxylation is 2. The summed E-state index contributed by atoms with van der Waals surface area (Å²) < 4.78 is 0. The third kappa shape index (κ3) is 3.05. The lowest BCUT2D eigenvalue weighted by Crippen LogP contribution is -2.41. The Morgan fingerprint density at radius 3 is 2.42 bits per heavy atom. The minimum absolute atomic E-state index is 0.212. The van der Waals surface area contributed by atoms with Gasteiger partial charge in [0.15, 0.2) is 0 Å². The third-order valence-corrected chi connectivity index (χ3v) is 4.81. The molecule has 0 unspecified atom stereocenters. The largest absolute Gasteiger partial charge is 0.374 e. The van der Waals surface area contributed by atoms with Gasteiger partial charge in [0, 0.05) is 5.56 Å². The average molecular weight is 342 g/mol. The maximum Gasteiger partial charge on any atom is 0.252 e. The van der Waals surface area contributed by atoms with E-state index in [1.54, 1.807) is 18.2 Å². The zero-order valence-electron chi connectivity index (χ0n) is 13.9. The van der Waals surface area contributed by atoms with Gasteiger partial charge in [-0.3, -0.25) is 4.79 Å². The van der Waals surface area contributed by atoms with Crippen molar-refractivity contribution in [2.75, 3.05) is 5.73 Å². The lowest BCUT2D eigenvalue weighted by Gasteiger charge is -2.23. The van der Waals surface area contributed by atoms with E-state index in [1.165, 1.54) is 11.3 Å². The van der Waals surface area contributed by atoms with Gasteiger partial charge in [0.05, 0.1) is 28.0 Å². The molecule has 3 rings (SSSR count). The molecule has 0 spiro atoms. The zero-order chi connectivity index (χ0) is 17.5. The Morgan fingerprint density at radius 2 is 1.79 bits per heavy atom. The van der Waals surface area contributed by atoms with Gasteiger partial charge in [0.25, 0.3) is 5.91 Å². The van der Waals surface area contributed by atoms with Gasteiger partial charge in [0.1, 0.15) is 5.01 Å². The van der Waals surface area contributed by atoms with E-state index in [-0.39, 0.29) is 5.91 Å². The second-order valence-corrected chi connectivity index (χ2v) is 7.13. The van der Waals surface area contributed by atoms with Crippen molar-refractivity contribution in [2.45, 2.75) is 33.2 Å². The summed E-state index contributed by atoms with van der Waals surface area (Å²) in [7, 11) is 0. The molecule has 124 valence electrons. The first-order chi connectivity index (χ1) is 11.3. The summed E-state index contributed by atoms with van der Waals surface area (Å²) >= 11 is 1.26. The normalized spacial score (nSPS) is 11.7. The number of rotatable bonds is 3. The lowest BCUT2D eigenvalue weighted by molar-refractivity contribution is 0.0912. The summed E-state index contributed by atoms with van der Waals surface area (Å²) in [5.41, 5.74) is 8.67. The summed E-state index contributed by atoms with van der Waals surface area (Å²) in [5, 5.41) is 11.8. The monoisotopic (exact) mass is 342 g/mol. The molecule has 0 radical (unpaired) electrons. The van der Waals surface area contributed by atoms with Crippen LogP contribution in [0.4, 0.5) is 5.13 Å². The van der Waals surface area contributed by atoms with Gasteiger partial charge in [-0.05, 0) is 45.9 Å². The molecule has 1 aromatic carbocycles. The standard InChI is InChI=1S/C16H18N6OS/c1-8-9(2)19-12-7-10(5-6-11(12)18-8)13(23)20-16(3,4)14-21-22-15(17)24-14/h5-7H,1-4H3,(H2,17,22)(H,20,23). The summed E-state index contributed by atoms with van der Waals surface area (Å²) in [5.74, 6) is -0.212. The van der Waals surface area contributed by atoms with Gasteiger partial charge in [-0.25, -0.2) is 9.97 Å². The fourth-order valence-corrected chi connectivity index (χ4v) is 2.94. The highest BCUT2D eigenvalue weighted by molar-refractivity contribution is 7.15. The molecule has 3 aromatic rings. The number of nitrogens with two attached hydrogens (primary N) is 1. The van der Waals surface area contributed by atoms with E-state index >= 15 is 0 Å². The van der Waals surface area contributed by atoms with Gasteiger partial charge >= 0.3 is 0 Å². The number of anilines is 1. The van der Waals surface area contributed by atoms with Crippen molar-refractivity contribution >= 4 is 33.4 Å². The average Bonchev–Trinajstić information content (AvgIpc) is 2.95. The van der Waals surface area contributed by atoms with Crippen molar-refractivity contribution in [2.24, 2.45) is 0 Å². The highest BCUT2D eigenvalue weighted by atomic mass is 32.1. The van der Waals surface area contributed by atoms with Crippen LogP contribution in [0.2, 0.25) is 0 Å². The fraction of sp³-hybridized carbons (Fsp3) is 0.312. The molecule has 0 saturated carbocycles. The molecule has 0 bridgehead atoms. The van der Waals surface area contributed by atoms with E-state index in [9.17, 15) is 4.79 Å². The maximum absolute atomic E-state index is 12.6. The SMILES string of the molecule is Cc1nc2ccc(C(=O)NC(C)(C)c3nnc(N)s3)cc2nc1C. The number of hydrogen-bond donors (Lipinski definition) is 2. The number of aromatic nitrogens is 4. The van der Waals surface area contributed by atoms with E-state index in [4.69, 9.17) is 5.73 Å². The van der Waals surface area contributed by atoms with Crippen LogP contribution >= 0.6 is 11.3 Å². The predicted molar refractivity (Wildman–Crippen MR) is 93.8 cm³/mol. The Hall–Kier alpha value is -2.61. The molecule has 0 aliphatic carbocycles. The summed E-state index contributed by atoms with van der Waals surface area (Å²) in [6, 6.07) is 5.29. The van der Waals surface area contributed by atoms with E-state index < -0.39 is 5.54 Å². The number of carbonyl (C=O) groups is 1. The molecule has 24 heavy (non-hydrogen) atoms. The Morgan fingerprint density at radius 1 is 1.12 bits per heavy atom. The van der Waals surface area contributed by atoms with Crippen molar-refractivity contribution in [1.82, 2.24) is 25.5 Å². The Labute approximate surface area is 143 Å². The molecule has 0 aliphatic heterocycles. The Kier molecular flexibility index (Phi) is 3.92. The quantitative estimate of drug-likeness (QED) is 0.756. The fourth-order valence-electron chi connectivity index (χ4n) is 2.27. The minimum Gasteiger partial charge on any atom is -0.374 e. The minimum atomic E-state index is -0.670. The summed E-state index contributed by atoms with van der Waals surface area (Å²) in [4.78, 5) is 21.6. The molecule has 2 heterocycles. The third-order valence-electron chi connectivity index (χ3n) is 3.74. The van der Waals surface area contributed by atoms with E-state index in [2.05, 4.69) is 25.5 Å². The Balaban J connectivity index is 1.89. The molecule has 7 nitrogen and oxygen atoms in total. The molecule has 0 saturated heterocycles. The zero-order valence-corrected chi connectivity index (χ0v) is 14.7. The van der Waals surface area contributed by atoms with Crippen molar-refractivity contribution in [1.29, 1.82) is 0 Å². The van der Waals surface area contributed by atoms with Gasteiger partial charge < -0.3 is 11.1 Å². The number of fused-ring (bicyclic) bond motifs is 1. The van der Waals surface area contributed by atoms with Gasteiger partial charge in [-0.1, -0.05) is 11.3 Å². The number of benzene rings is 1. The predicted octanol–water partition coefficient (Wildman–Crippen LogP) is 2.35. The molecule has 1 amide bonds. The summed E-state index contributed by atoms with van der Waals surface area (Å²) in [6.07, 6.45) is 0. The van der Waals surface area contributed by atoms with Crippen LogP contribution in [-0.4, -0.2) is 26.1 Å². The molecule has 2 aromatic heterocycles. The number of carbonyl (C=O) groups excluding carboxylic acids is 1. The van der Waals surface area contributed by atoms with E-state index in [0.717, 1.165) is 16.9 Å². The molecule has 0 atom stereocenters. The number of hydrogen-bond acceptors (Lipinski definition) is 7. The molecular formula is C16H18N6OS. The first-order valence-electron chi connectivity index (χ1n) is 7.43. The number of amides is 1. The second kappa shape index (κ2) is 5.79. The van der Waals surface area contributed by atoms with Crippen molar-refractivity contribution < 1.29 is 4.79 Å². The van der Waals surface area contributed by atoms with Crippen molar-refractivity contribution in [3.8, 4) is 0 Å². The van der Waals surface area contributed by atoms with Crippen LogP contribution in [0.5, 0.6) is 0 Å². The van der Waals surface area contributed by atoms with Gasteiger partial charge in [-0.2, -0.15) is 0 Å². The van der Waals surface area contributed by atoms with Crippen LogP contribution in [0.1, 0.15) is 40.6 Å². The van der Waals surface area contributed by atoms with Crippen LogP contribution in [0.3, 0.4) is 0 Å². The van der Waals surface area contributed by atoms with E-state index in [1.807, 2.05) is 27.7 Å².